The lowest BCUT2D eigenvalue weighted by Crippen LogP contribution is -3.00. The Morgan fingerprint density at radius 1 is 0.917 bits per heavy atom. The highest BCUT2D eigenvalue weighted by Gasteiger charge is 2.28. The van der Waals surface area contributed by atoms with Crippen LogP contribution in [0.4, 0.5) is 0 Å². The molecule has 0 unspecified atom stereocenters. The largest absolute Gasteiger partial charge is 1.00 e. The lowest BCUT2D eigenvalue weighted by Gasteiger charge is -2.00. The van der Waals surface area contributed by atoms with Gasteiger partial charge in [0.05, 0.1) is 13.0 Å². The lowest BCUT2D eigenvalue weighted by atomic mass is 10.1. The van der Waals surface area contributed by atoms with Gasteiger partial charge in [0.25, 0.3) is 5.82 Å². The highest BCUT2D eigenvalue weighted by Crippen LogP contribution is 2.26. The summed E-state index contributed by atoms with van der Waals surface area (Å²) in [5.41, 5.74) is 3.75. The van der Waals surface area contributed by atoms with Crippen LogP contribution in [0.2, 0.25) is 10.0 Å². The predicted molar refractivity (Wildman–Crippen MR) is 93.9 cm³/mol. The fraction of sp³-hybridized carbons (Fsp3) is 0.211. The number of aromatic nitrogens is 2. The highest BCUT2D eigenvalue weighted by atomic mass is 35.5. The number of hydrogen-bond acceptors (Lipinski definition) is 0. The first-order chi connectivity index (χ1) is 11.2. The average molecular weight is 380 g/mol. The Bertz CT molecular complexity index is 836. The van der Waals surface area contributed by atoms with Crippen LogP contribution in [0.3, 0.4) is 0 Å². The number of nitrogens with zero attached hydrogens (tertiary/aromatic N) is 2. The number of halogens is 3. The molecule has 0 amide bonds. The maximum atomic E-state index is 6.02. The normalized spacial score (nSPS) is 12.8. The molecule has 0 saturated heterocycles. The molecule has 1 aliphatic heterocycles. The summed E-state index contributed by atoms with van der Waals surface area (Å²) in [7, 11) is 0. The molecule has 0 spiro atoms. The molecule has 24 heavy (non-hydrogen) atoms. The molecule has 2 heterocycles. The van der Waals surface area contributed by atoms with Crippen LogP contribution in [0.25, 0.3) is 11.3 Å². The molecular weight excluding hydrogens is 363 g/mol. The summed E-state index contributed by atoms with van der Waals surface area (Å²) in [6.45, 7) is 1.96. The monoisotopic (exact) mass is 378 g/mol. The Balaban J connectivity index is 0.00000169. The van der Waals surface area contributed by atoms with Gasteiger partial charge in [0.15, 0.2) is 5.69 Å². The van der Waals surface area contributed by atoms with E-state index in [0.717, 1.165) is 29.6 Å². The lowest BCUT2D eigenvalue weighted by molar-refractivity contribution is -0.694. The van der Waals surface area contributed by atoms with E-state index in [9.17, 15) is 0 Å². The van der Waals surface area contributed by atoms with Crippen LogP contribution < -0.4 is 17.0 Å². The second-order valence-corrected chi connectivity index (χ2v) is 6.82. The first-order valence-corrected chi connectivity index (χ1v) is 8.58. The summed E-state index contributed by atoms with van der Waals surface area (Å²) < 4.78 is 4.79. The van der Waals surface area contributed by atoms with Gasteiger partial charge in [0.2, 0.25) is 0 Å². The first-order valence-electron chi connectivity index (χ1n) is 7.83. The van der Waals surface area contributed by atoms with Crippen LogP contribution in [0, 0.1) is 0 Å². The maximum absolute atomic E-state index is 6.02. The summed E-state index contributed by atoms with van der Waals surface area (Å²) in [5, 5.41) is 1.55. The van der Waals surface area contributed by atoms with Crippen molar-refractivity contribution in [2.45, 2.75) is 25.9 Å². The van der Waals surface area contributed by atoms with Crippen LogP contribution >= 0.6 is 23.2 Å². The Labute approximate surface area is 158 Å². The molecule has 0 N–H and O–H groups in total. The van der Waals surface area contributed by atoms with Crippen LogP contribution in [0.1, 0.15) is 17.8 Å². The zero-order valence-electron chi connectivity index (χ0n) is 13.1. The van der Waals surface area contributed by atoms with E-state index >= 15 is 0 Å². The van der Waals surface area contributed by atoms with E-state index in [1.54, 1.807) is 0 Å². The molecule has 1 aliphatic rings. The molecular formula is C19H17Cl3N2. The molecule has 0 radical (unpaired) electrons. The van der Waals surface area contributed by atoms with Crippen molar-refractivity contribution in [1.29, 1.82) is 0 Å². The average Bonchev–Trinajstić information content (AvgIpc) is 3.14. The molecule has 0 atom stereocenters. The number of hydrogen-bond donors (Lipinski definition) is 0. The number of rotatable bonds is 3. The second kappa shape index (κ2) is 7.18. The predicted octanol–water partition coefficient (Wildman–Crippen LogP) is 1.75. The van der Waals surface area contributed by atoms with Crippen molar-refractivity contribution in [3.05, 3.63) is 76.2 Å². The third-order valence-electron chi connectivity index (χ3n) is 4.40. The van der Waals surface area contributed by atoms with Crippen LogP contribution in [0.15, 0.2) is 54.7 Å². The van der Waals surface area contributed by atoms with E-state index in [1.807, 2.05) is 24.3 Å². The fourth-order valence-electron chi connectivity index (χ4n) is 3.28. The highest BCUT2D eigenvalue weighted by molar-refractivity contribution is 6.30. The van der Waals surface area contributed by atoms with Crippen LogP contribution in [0.5, 0.6) is 0 Å². The van der Waals surface area contributed by atoms with Crippen molar-refractivity contribution in [3.8, 4) is 11.3 Å². The third kappa shape index (κ3) is 3.32. The quantitative estimate of drug-likeness (QED) is 0.613. The van der Waals surface area contributed by atoms with E-state index < -0.39 is 0 Å². The van der Waals surface area contributed by atoms with Gasteiger partial charge in [-0.05, 0) is 48.4 Å². The van der Waals surface area contributed by atoms with Gasteiger partial charge in [-0.1, -0.05) is 35.3 Å². The minimum Gasteiger partial charge on any atom is -1.00 e. The number of benzene rings is 2. The van der Waals surface area contributed by atoms with Gasteiger partial charge in [-0.25, -0.2) is 9.13 Å². The van der Waals surface area contributed by atoms with Gasteiger partial charge in [0.1, 0.15) is 12.7 Å². The molecule has 0 aliphatic carbocycles. The molecule has 0 fully saturated rings. The van der Waals surface area contributed by atoms with E-state index in [-0.39, 0.29) is 12.4 Å². The molecule has 2 aromatic carbocycles. The molecule has 5 heteroatoms. The fourth-order valence-corrected chi connectivity index (χ4v) is 3.54. The van der Waals surface area contributed by atoms with Crippen LogP contribution in [-0.2, 0) is 19.5 Å². The minimum absolute atomic E-state index is 0. The first kappa shape index (κ1) is 17.3. The zero-order valence-corrected chi connectivity index (χ0v) is 15.3. The van der Waals surface area contributed by atoms with Crippen molar-refractivity contribution in [1.82, 2.24) is 4.57 Å². The molecule has 1 aromatic heterocycles. The van der Waals surface area contributed by atoms with Crippen molar-refractivity contribution in [2.24, 2.45) is 0 Å². The number of imidazole rings is 1. The summed E-state index contributed by atoms with van der Waals surface area (Å²) in [6.07, 6.45) is 4.59. The second-order valence-electron chi connectivity index (χ2n) is 5.95. The van der Waals surface area contributed by atoms with E-state index in [1.165, 1.54) is 29.1 Å². The van der Waals surface area contributed by atoms with Gasteiger partial charge >= 0.3 is 0 Å². The maximum Gasteiger partial charge on any atom is 0.257 e. The molecule has 4 rings (SSSR count). The molecule has 0 bridgehead atoms. The van der Waals surface area contributed by atoms with Gasteiger partial charge in [-0.15, -0.1) is 0 Å². The summed E-state index contributed by atoms with van der Waals surface area (Å²) in [6, 6.07) is 16.2. The topological polar surface area (TPSA) is 8.81 Å². The van der Waals surface area contributed by atoms with Gasteiger partial charge in [-0.2, -0.15) is 0 Å². The standard InChI is InChI=1S/C19H17Cl2N2.ClH/c20-16-7-3-14(4-8-16)12-22-13-18(23-11-1-2-19(22)23)15-5-9-17(21)10-6-15;/h3-10,13H,1-2,11-12H2;1H/q+1;/p-1. The van der Waals surface area contributed by atoms with E-state index in [2.05, 4.69) is 39.6 Å². The van der Waals surface area contributed by atoms with Gasteiger partial charge in [-0.3, -0.25) is 0 Å². The van der Waals surface area contributed by atoms with Gasteiger partial charge < -0.3 is 12.4 Å². The van der Waals surface area contributed by atoms with Crippen molar-refractivity contribution in [3.63, 3.8) is 0 Å². The Kier molecular flexibility index (Phi) is 5.19. The van der Waals surface area contributed by atoms with Crippen molar-refractivity contribution >= 4 is 23.2 Å². The third-order valence-corrected chi connectivity index (χ3v) is 4.90. The Hall–Kier alpha value is -1.48. The van der Waals surface area contributed by atoms with Crippen molar-refractivity contribution in [2.75, 3.05) is 0 Å². The van der Waals surface area contributed by atoms with Crippen molar-refractivity contribution < 1.29 is 17.0 Å². The molecule has 3 aromatic rings. The smallest absolute Gasteiger partial charge is 0.257 e. The zero-order chi connectivity index (χ0) is 15.8. The minimum atomic E-state index is 0. The summed E-state index contributed by atoms with van der Waals surface area (Å²) in [4.78, 5) is 0. The summed E-state index contributed by atoms with van der Waals surface area (Å²) in [5.74, 6) is 1.39. The van der Waals surface area contributed by atoms with Gasteiger partial charge in [0, 0.05) is 15.6 Å². The SMILES string of the molecule is Clc1ccc(C[n+]2cc(-c3ccc(Cl)cc3)n3c2CCC3)cc1.[Cl-]. The summed E-state index contributed by atoms with van der Waals surface area (Å²) >= 11 is 12.0. The Morgan fingerprint density at radius 2 is 1.54 bits per heavy atom. The molecule has 124 valence electrons. The van der Waals surface area contributed by atoms with Crippen LogP contribution in [-0.4, -0.2) is 4.57 Å². The Morgan fingerprint density at radius 3 is 2.21 bits per heavy atom. The number of fused-ring (bicyclic) bond motifs is 1. The van der Waals surface area contributed by atoms with E-state index in [0.29, 0.717) is 0 Å². The van der Waals surface area contributed by atoms with E-state index in [4.69, 9.17) is 23.2 Å². The molecule has 0 saturated carbocycles. The molecule has 2 nitrogen and oxygen atoms in total.